The van der Waals surface area contributed by atoms with Crippen LogP contribution in [0.15, 0.2) is 12.7 Å². The van der Waals surface area contributed by atoms with Gasteiger partial charge in [-0.15, -0.1) is 0 Å². The van der Waals surface area contributed by atoms with E-state index in [-0.39, 0.29) is 6.61 Å². The van der Waals surface area contributed by atoms with Crippen molar-refractivity contribution in [2.75, 3.05) is 6.61 Å². The molecule has 4 nitrogen and oxygen atoms in total. The maximum atomic E-state index is 10.7. The first-order valence-electron chi connectivity index (χ1n) is 4.63. The molecule has 0 aliphatic heterocycles. The molecule has 0 heterocycles. The average Bonchev–Trinajstić information content (AvgIpc) is 2.16. The maximum Gasteiger partial charge on any atom is 0.330 e. The van der Waals surface area contributed by atoms with E-state index in [2.05, 4.69) is 6.58 Å². The van der Waals surface area contributed by atoms with Crippen molar-refractivity contribution in [1.29, 1.82) is 0 Å². The van der Waals surface area contributed by atoms with Crippen LogP contribution < -0.4 is 0 Å². The lowest BCUT2D eigenvalue weighted by atomic mass is 10.0. The molecular formula is C10H16O4. The van der Waals surface area contributed by atoms with Gasteiger partial charge in [0.25, 0.3) is 0 Å². The summed E-state index contributed by atoms with van der Waals surface area (Å²) in [6.07, 6.45) is 2.85. The van der Waals surface area contributed by atoms with E-state index in [9.17, 15) is 9.59 Å². The van der Waals surface area contributed by atoms with Crippen LogP contribution >= 0.6 is 0 Å². The van der Waals surface area contributed by atoms with Crippen LogP contribution in [0.4, 0.5) is 0 Å². The molecular weight excluding hydrogens is 184 g/mol. The zero-order valence-electron chi connectivity index (χ0n) is 8.36. The molecule has 0 rings (SSSR count). The van der Waals surface area contributed by atoms with E-state index < -0.39 is 17.9 Å². The quantitative estimate of drug-likeness (QED) is 0.501. The normalized spacial score (nSPS) is 11.8. The van der Waals surface area contributed by atoms with Gasteiger partial charge in [-0.05, 0) is 12.8 Å². The molecule has 0 bridgehead atoms. The highest BCUT2D eigenvalue weighted by Gasteiger charge is 2.16. The lowest BCUT2D eigenvalue weighted by Crippen LogP contribution is -2.16. The topological polar surface area (TPSA) is 63.6 Å². The molecule has 1 atom stereocenters. The van der Waals surface area contributed by atoms with Gasteiger partial charge < -0.3 is 9.84 Å². The molecule has 0 amide bonds. The van der Waals surface area contributed by atoms with Crippen molar-refractivity contribution < 1.29 is 19.4 Å². The number of rotatable bonds is 7. The first-order valence-corrected chi connectivity index (χ1v) is 4.63. The first kappa shape index (κ1) is 12.7. The number of esters is 1. The average molecular weight is 200 g/mol. The van der Waals surface area contributed by atoms with Crippen molar-refractivity contribution in [1.82, 2.24) is 0 Å². The van der Waals surface area contributed by atoms with Crippen molar-refractivity contribution >= 4 is 11.9 Å². The molecule has 1 N–H and O–H groups in total. The summed E-state index contributed by atoms with van der Waals surface area (Å²) in [6.45, 7) is 5.30. The molecule has 14 heavy (non-hydrogen) atoms. The molecule has 80 valence electrons. The minimum Gasteiger partial charge on any atom is -0.481 e. The van der Waals surface area contributed by atoms with Crippen molar-refractivity contribution in [3.8, 4) is 0 Å². The Balaban J connectivity index is 3.76. The van der Waals surface area contributed by atoms with Gasteiger partial charge in [0.15, 0.2) is 0 Å². The van der Waals surface area contributed by atoms with Gasteiger partial charge in [-0.1, -0.05) is 19.9 Å². The van der Waals surface area contributed by atoms with Crippen LogP contribution in [0.5, 0.6) is 0 Å². The molecule has 0 aromatic rings. The highest BCUT2D eigenvalue weighted by molar-refractivity contribution is 5.81. The molecule has 0 aromatic heterocycles. The first-order chi connectivity index (χ1) is 6.61. The Morgan fingerprint density at radius 2 is 2.14 bits per heavy atom. The second-order valence-corrected chi connectivity index (χ2v) is 2.98. The second-order valence-electron chi connectivity index (χ2n) is 2.98. The molecule has 0 spiro atoms. The summed E-state index contributed by atoms with van der Waals surface area (Å²) < 4.78 is 4.70. The fourth-order valence-corrected chi connectivity index (χ4v) is 1.10. The second kappa shape index (κ2) is 7.12. The van der Waals surface area contributed by atoms with Crippen LogP contribution in [0.2, 0.25) is 0 Å². The summed E-state index contributed by atoms with van der Waals surface area (Å²) in [7, 11) is 0. The van der Waals surface area contributed by atoms with Gasteiger partial charge in [0.05, 0.1) is 12.5 Å². The lowest BCUT2D eigenvalue weighted by molar-refractivity contribution is -0.145. The summed E-state index contributed by atoms with van der Waals surface area (Å²) >= 11 is 0. The minimum absolute atomic E-state index is 0.141. The Kier molecular flexibility index (Phi) is 6.45. The molecule has 0 aromatic carbocycles. The summed E-state index contributed by atoms with van der Waals surface area (Å²) in [4.78, 5) is 21.3. The van der Waals surface area contributed by atoms with E-state index in [1.807, 2.05) is 6.92 Å². The van der Waals surface area contributed by atoms with Crippen molar-refractivity contribution in [2.24, 2.45) is 5.92 Å². The summed E-state index contributed by atoms with van der Waals surface area (Å²) in [5.74, 6) is -1.76. The van der Waals surface area contributed by atoms with E-state index >= 15 is 0 Å². The molecule has 0 radical (unpaired) electrons. The highest BCUT2D eigenvalue weighted by atomic mass is 16.5. The van der Waals surface area contributed by atoms with Crippen LogP contribution in [0.25, 0.3) is 0 Å². The smallest absolute Gasteiger partial charge is 0.330 e. The largest absolute Gasteiger partial charge is 0.481 e. The zero-order valence-corrected chi connectivity index (χ0v) is 8.36. The van der Waals surface area contributed by atoms with Gasteiger partial charge in [-0.25, -0.2) is 4.79 Å². The Hall–Kier alpha value is -1.32. The van der Waals surface area contributed by atoms with Crippen LogP contribution in [0, 0.1) is 5.92 Å². The zero-order chi connectivity index (χ0) is 11.0. The monoisotopic (exact) mass is 200 g/mol. The lowest BCUT2D eigenvalue weighted by Gasteiger charge is -2.10. The Bertz CT molecular complexity index is 210. The van der Waals surface area contributed by atoms with E-state index in [4.69, 9.17) is 9.84 Å². The van der Waals surface area contributed by atoms with Crippen LogP contribution in [0.1, 0.15) is 26.2 Å². The number of aliphatic carboxylic acids is 1. The fourth-order valence-electron chi connectivity index (χ4n) is 1.10. The number of hydrogen-bond acceptors (Lipinski definition) is 3. The third kappa shape index (κ3) is 5.35. The van der Waals surface area contributed by atoms with Gasteiger partial charge in [-0.3, -0.25) is 4.79 Å². The van der Waals surface area contributed by atoms with Crippen LogP contribution in [-0.4, -0.2) is 23.7 Å². The Morgan fingerprint density at radius 3 is 2.57 bits per heavy atom. The number of hydrogen-bond donors (Lipinski definition) is 1. The summed E-state index contributed by atoms with van der Waals surface area (Å²) in [5.41, 5.74) is 0. The highest BCUT2D eigenvalue weighted by Crippen LogP contribution is 2.11. The van der Waals surface area contributed by atoms with Crippen molar-refractivity contribution in [3.63, 3.8) is 0 Å². The van der Waals surface area contributed by atoms with Crippen molar-refractivity contribution in [3.05, 3.63) is 12.7 Å². The third-order valence-corrected chi connectivity index (χ3v) is 1.86. The summed E-state index contributed by atoms with van der Waals surface area (Å²) in [6, 6.07) is 0. The van der Waals surface area contributed by atoms with E-state index in [0.29, 0.717) is 12.8 Å². The minimum atomic E-state index is -0.832. The number of ether oxygens (including phenoxy) is 1. The maximum absolute atomic E-state index is 10.7. The van der Waals surface area contributed by atoms with Crippen LogP contribution in [-0.2, 0) is 14.3 Å². The number of carbonyl (C=O) groups excluding carboxylic acids is 1. The predicted octanol–water partition coefficient (Wildman–Crippen LogP) is 1.61. The predicted molar refractivity (Wildman–Crippen MR) is 51.8 cm³/mol. The van der Waals surface area contributed by atoms with Gasteiger partial charge >= 0.3 is 11.9 Å². The van der Waals surface area contributed by atoms with Gasteiger partial charge in [-0.2, -0.15) is 0 Å². The SMILES string of the molecule is C=CC(=O)OCCC(CCC)C(=O)O. The molecule has 0 fully saturated rings. The summed E-state index contributed by atoms with van der Waals surface area (Å²) in [5, 5.41) is 8.77. The van der Waals surface area contributed by atoms with Crippen molar-refractivity contribution in [2.45, 2.75) is 26.2 Å². The molecule has 0 saturated heterocycles. The number of carbonyl (C=O) groups is 2. The van der Waals surface area contributed by atoms with E-state index in [0.717, 1.165) is 12.5 Å². The fraction of sp³-hybridized carbons (Fsp3) is 0.600. The molecule has 0 aliphatic carbocycles. The molecule has 1 unspecified atom stereocenters. The van der Waals surface area contributed by atoms with Gasteiger partial charge in [0, 0.05) is 6.08 Å². The molecule has 0 aliphatic rings. The standard InChI is InChI=1S/C10H16O4/c1-3-5-8(10(12)13)6-7-14-9(11)4-2/h4,8H,2-3,5-7H2,1H3,(H,12,13). The number of carboxylic acid groups (broad SMARTS) is 1. The Labute approximate surface area is 83.6 Å². The number of carboxylic acids is 1. The van der Waals surface area contributed by atoms with Gasteiger partial charge in [0.1, 0.15) is 0 Å². The molecule has 0 saturated carbocycles. The van der Waals surface area contributed by atoms with E-state index in [1.165, 1.54) is 0 Å². The Morgan fingerprint density at radius 1 is 1.50 bits per heavy atom. The third-order valence-electron chi connectivity index (χ3n) is 1.86. The molecule has 4 heteroatoms. The van der Waals surface area contributed by atoms with Gasteiger partial charge in [0.2, 0.25) is 0 Å². The van der Waals surface area contributed by atoms with E-state index in [1.54, 1.807) is 0 Å². The van der Waals surface area contributed by atoms with Crippen LogP contribution in [0.3, 0.4) is 0 Å².